The number of amides is 2. The number of imidazole rings is 1. The van der Waals surface area contributed by atoms with Crippen LogP contribution in [0.5, 0.6) is 0 Å². The van der Waals surface area contributed by atoms with Gasteiger partial charge in [-0.2, -0.15) is 0 Å². The highest BCUT2D eigenvalue weighted by Crippen LogP contribution is 2.27. The number of carbonyl (C=O) groups excluding carboxylic acids is 1. The zero-order chi connectivity index (χ0) is 19.1. The molecule has 1 fully saturated rings. The summed E-state index contributed by atoms with van der Waals surface area (Å²) in [6, 6.07) is 10.5. The van der Waals surface area contributed by atoms with E-state index in [-0.39, 0.29) is 6.03 Å². The average Bonchev–Trinajstić information content (AvgIpc) is 3.24. The first kappa shape index (κ1) is 17.0. The van der Waals surface area contributed by atoms with Gasteiger partial charge in [0.25, 0.3) is 0 Å². The number of likely N-dealkylation sites (N-methyl/N-ethyl adjacent to an activating group) is 1. The second kappa shape index (κ2) is 6.78. The highest BCUT2D eigenvalue weighted by Gasteiger charge is 2.25. The van der Waals surface area contributed by atoms with E-state index in [9.17, 15) is 4.79 Å². The highest BCUT2D eigenvalue weighted by molar-refractivity contribution is 5.83. The molecule has 3 aromatic rings. The number of aromatic nitrogens is 3. The molecule has 4 heterocycles. The first-order chi connectivity index (χ1) is 13.7. The fraction of sp³-hybridized carbons (Fsp3) is 0.318. The standard InChI is InChI=1S/C22H23N5O/c1-25-12-13-26(22(25)28)15-18-9-7-16(14-23-18)8-10-20-24-19-6-2-4-17-5-3-11-27(20)21(17)19/h2,4,6-10,14H,3,5,11-13,15H2,1H3/b10-8+. The molecule has 142 valence electrons. The van der Waals surface area contributed by atoms with Crippen LogP contribution in [-0.4, -0.2) is 50.5 Å². The van der Waals surface area contributed by atoms with Crippen LogP contribution in [0.25, 0.3) is 23.2 Å². The molecule has 0 atom stereocenters. The molecule has 0 aliphatic carbocycles. The van der Waals surface area contributed by atoms with E-state index < -0.39 is 0 Å². The molecule has 28 heavy (non-hydrogen) atoms. The first-order valence-electron chi connectivity index (χ1n) is 9.80. The van der Waals surface area contributed by atoms with E-state index in [1.165, 1.54) is 11.1 Å². The summed E-state index contributed by atoms with van der Waals surface area (Å²) < 4.78 is 2.32. The van der Waals surface area contributed by atoms with Crippen LogP contribution < -0.4 is 0 Å². The van der Waals surface area contributed by atoms with Crippen molar-refractivity contribution in [3.63, 3.8) is 0 Å². The van der Waals surface area contributed by atoms with Gasteiger partial charge in [-0.15, -0.1) is 0 Å². The van der Waals surface area contributed by atoms with Crippen molar-refractivity contribution in [1.82, 2.24) is 24.3 Å². The molecule has 6 heteroatoms. The number of carbonyl (C=O) groups is 1. The lowest BCUT2D eigenvalue weighted by Crippen LogP contribution is -2.29. The Labute approximate surface area is 164 Å². The predicted octanol–water partition coefficient (Wildman–Crippen LogP) is 3.42. The normalized spacial score (nSPS) is 16.7. The molecule has 0 N–H and O–H groups in total. The summed E-state index contributed by atoms with van der Waals surface area (Å²) >= 11 is 0. The van der Waals surface area contributed by atoms with Crippen molar-refractivity contribution in [3.8, 4) is 0 Å². The van der Waals surface area contributed by atoms with Crippen LogP contribution in [0.4, 0.5) is 4.79 Å². The summed E-state index contributed by atoms with van der Waals surface area (Å²) in [5.74, 6) is 0.997. The zero-order valence-electron chi connectivity index (χ0n) is 16.0. The van der Waals surface area contributed by atoms with Gasteiger partial charge in [-0.1, -0.05) is 18.2 Å². The van der Waals surface area contributed by atoms with Crippen molar-refractivity contribution >= 4 is 29.2 Å². The highest BCUT2D eigenvalue weighted by atomic mass is 16.2. The first-order valence-corrected chi connectivity index (χ1v) is 9.80. The van der Waals surface area contributed by atoms with Crippen LogP contribution in [0.3, 0.4) is 0 Å². The van der Waals surface area contributed by atoms with E-state index >= 15 is 0 Å². The minimum Gasteiger partial charge on any atom is -0.326 e. The third kappa shape index (κ3) is 2.95. The summed E-state index contributed by atoms with van der Waals surface area (Å²) in [5.41, 5.74) is 5.69. The van der Waals surface area contributed by atoms with E-state index in [0.29, 0.717) is 6.54 Å². The Hall–Kier alpha value is -3.15. The van der Waals surface area contributed by atoms with Gasteiger partial charge in [-0.25, -0.2) is 9.78 Å². The maximum absolute atomic E-state index is 12.0. The Morgan fingerprint density at radius 3 is 2.82 bits per heavy atom. The van der Waals surface area contributed by atoms with Gasteiger partial charge < -0.3 is 14.4 Å². The topological polar surface area (TPSA) is 54.3 Å². The van der Waals surface area contributed by atoms with Crippen LogP contribution in [0, 0.1) is 0 Å². The summed E-state index contributed by atoms with van der Waals surface area (Å²) in [7, 11) is 1.83. The van der Waals surface area contributed by atoms with E-state index in [0.717, 1.165) is 55.1 Å². The van der Waals surface area contributed by atoms with Crippen molar-refractivity contribution in [2.75, 3.05) is 20.1 Å². The largest absolute Gasteiger partial charge is 0.326 e. The predicted molar refractivity (Wildman–Crippen MR) is 110 cm³/mol. The van der Waals surface area contributed by atoms with Crippen LogP contribution in [0.2, 0.25) is 0 Å². The number of pyridine rings is 1. The van der Waals surface area contributed by atoms with E-state index in [4.69, 9.17) is 4.98 Å². The molecule has 0 bridgehead atoms. The average molecular weight is 373 g/mol. The second-order valence-electron chi connectivity index (χ2n) is 7.55. The molecule has 6 nitrogen and oxygen atoms in total. The van der Waals surface area contributed by atoms with E-state index in [1.807, 2.05) is 30.3 Å². The lowest BCUT2D eigenvalue weighted by atomic mass is 10.0. The molecule has 2 aliphatic rings. The number of hydrogen-bond donors (Lipinski definition) is 0. The summed E-state index contributed by atoms with van der Waals surface area (Å²) in [6.45, 7) is 3.12. The maximum atomic E-state index is 12.0. The van der Waals surface area contributed by atoms with Crippen LogP contribution >= 0.6 is 0 Å². The van der Waals surface area contributed by atoms with Crippen molar-refractivity contribution in [2.45, 2.75) is 25.9 Å². The van der Waals surface area contributed by atoms with Crippen LogP contribution in [0.1, 0.15) is 29.1 Å². The van der Waals surface area contributed by atoms with E-state index in [2.05, 4.69) is 39.9 Å². The van der Waals surface area contributed by atoms with Gasteiger partial charge in [0.2, 0.25) is 0 Å². The number of rotatable bonds is 4. The second-order valence-corrected chi connectivity index (χ2v) is 7.55. The molecule has 1 saturated heterocycles. The van der Waals surface area contributed by atoms with Crippen LogP contribution in [-0.2, 0) is 19.5 Å². The number of benzene rings is 1. The fourth-order valence-corrected chi connectivity index (χ4v) is 4.11. The number of nitrogens with zero attached hydrogens (tertiary/aromatic N) is 5. The monoisotopic (exact) mass is 373 g/mol. The molecule has 1 aromatic carbocycles. The van der Waals surface area contributed by atoms with Gasteiger partial charge in [-0.05, 0) is 48.3 Å². The Morgan fingerprint density at radius 2 is 2.04 bits per heavy atom. The number of para-hydroxylation sites is 1. The maximum Gasteiger partial charge on any atom is 0.320 e. The van der Waals surface area contributed by atoms with Crippen molar-refractivity contribution in [3.05, 3.63) is 59.2 Å². The molecule has 0 spiro atoms. The van der Waals surface area contributed by atoms with Gasteiger partial charge in [0.1, 0.15) is 5.82 Å². The Kier molecular flexibility index (Phi) is 4.11. The van der Waals surface area contributed by atoms with Crippen molar-refractivity contribution in [2.24, 2.45) is 0 Å². The van der Waals surface area contributed by atoms with Gasteiger partial charge in [0, 0.05) is 32.9 Å². The van der Waals surface area contributed by atoms with Crippen molar-refractivity contribution < 1.29 is 4.79 Å². The zero-order valence-corrected chi connectivity index (χ0v) is 16.0. The summed E-state index contributed by atoms with van der Waals surface area (Å²) in [4.78, 5) is 24.9. The molecule has 0 radical (unpaired) electrons. The molecular formula is C22H23N5O. The van der Waals surface area contributed by atoms with Gasteiger partial charge >= 0.3 is 6.03 Å². The number of urea groups is 1. The number of aryl methyl sites for hydroxylation is 2. The lowest BCUT2D eigenvalue weighted by molar-refractivity contribution is 0.196. The Balaban J connectivity index is 1.34. The minimum absolute atomic E-state index is 0.0745. The molecule has 0 unspecified atom stereocenters. The summed E-state index contributed by atoms with van der Waals surface area (Å²) in [6.07, 6.45) is 8.28. The SMILES string of the molecule is CN1CCN(Cc2ccc(/C=C/c3nc4cccc5c4n3CCC5)cn2)C1=O. The third-order valence-corrected chi connectivity index (χ3v) is 5.64. The van der Waals surface area contributed by atoms with Gasteiger partial charge in [0.05, 0.1) is 23.3 Å². The third-order valence-electron chi connectivity index (χ3n) is 5.64. The quantitative estimate of drug-likeness (QED) is 0.704. The Bertz CT molecular complexity index is 1070. The molecule has 0 saturated carbocycles. The fourth-order valence-electron chi connectivity index (χ4n) is 4.11. The van der Waals surface area contributed by atoms with Crippen LogP contribution in [0.15, 0.2) is 36.5 Å². The minimum atomic E-state index is 0.0745. The smallest absolute Gasteiger partial charge is 0.320 e. The van der Waals surface area contributed by atoms with Gasteiger partial charge in [0.15, 0.2) is 0 Å². The molecular weight excluding hydrogens is 350 g/mol. The Morgan fingerprint density at radius 1 is 1.11 bits per heavy atom. The molecule has 2 aromatic heterocycles. The lowest BCUT2D eigenvalue weighted by Gasteiger charge is -2.15. The molecule has 2 amide bonds. The van der Waals surface area contributed by atoms with Gasteiger partial charge in [-0.3, -0.25) is 4.98 Å². The molecule has 2 aliphatic heterocycles. The summed E-state index contributed by atoms with van der Waals surface area (Å²) in [5, 5.41) is 0. The van der Waals surface area contributed by atoms with Crippen molar-refractivity contribution in [1.29, 1.82) is 0 Å². The number of hydrogen-bond acceptors (Lipinski definition) is 3. The van der Waals surface area contributed by atoms with E-state index in [1.54, 1.807) is 4.90 Å². The molecule has 5 rings (SSSR count).